The highest BCUT2D eigenvalue weighted by Crippen LogP contribution is 2.17. The van der Waals surface area contributed by atoms with Gasteiger partial charge >= 0.3 is 0 Å². The Morgan fingerprint density at radius 1 is 1.23 bits per heavy atom. The fraction of sp³-hybridized carbons (Fsp3) is 0.312. The molecule has 22 heavy (non-hydrogen) atoms. The van der Waals surface area contributed by atoms with Crippen molar-refractivity contribution in [2.24, 2.45) is 0 Å². The van der Waals surface area contributed by atoms with Crippen molar-refractivity contribution in [3.05, 3.63) is 47.0 Å². The second kappa shape index (κ2) is 7.75. The van der Waals surface area contributed by atoms with Crippen LogP contribution in [-0.2, 0) is 0 Å². The molecule has 0 aliphatic rings. The summed E-state index contributed by atoms with van der Waals surface area (Å²) in [7, 11) is 1.97. The number of rotatable bonds is 6. The lowest BCUT2D eigenvalue weighted by Gasteiger charge is -2.17. The minimum Gasteiger partial charge on any atom is -0.358 e. The largest absolute Gasteiger partial charge is 0.358 e. The van der Waals surface area contributed by atoms with E-state index < -0.39 is 0 Å². The molecule has 2 aromatic rings. The van der Waals surface area contributed by atoms with Crippen LogP contribution in [0.25, 0.3) is 0 Å². The lowest BCUT2D eigenvalue weighted by Crippen LogP contribution is -2.20. The Morgan fingerprint density at radius 3 is 2.64 bits per heavy atom. The Kier molecular flexibility index (Phi) is 5.72. The van der Waals surface area contributed by atoms with Gasteiger partial charge in [-0.3, -0.25) is 4.79 Å². The Labute approximate surface area is 135 Å². The molecule has 6 heteroatoms. The highest BCUT2D eigenvalue weighted by Gasteiger charge is 2.11. The normalized spacial score (nSPS) is 10.3. The fourth-order valence-corrected chi connectivity index (χ4v) is 2.16. The number of unbranched alkanes of at least 4 members (excludes halogenated alkanes) is 1. The summed E-state index contributed by atoms with van der Waals surface area (Å²) in [4.78, 5) is 14.2. The lowest BCUT2D eigenvalue weighted by atomic mass is 10.2. The number of benzene rings is 1. The summed E-state index contributed by atoms with van der Waals surface area (Å²) >= 11 is 6.00. The Balaban J connectivity index is 2.02. The van der Waals surface area contributed by atoms with Crippen molar-refractivity contribution in [2.45, 2.75) is 19.8 Å². The average Bonchev–Trinajstić information content (AvgIpc) is 2.53. The summed E-state index contributed by atoms with van der Waals surface area (Å²) in [6.45, 7) is 3.07. The van der Waals surface area contributed by atoms with Crippen LogP contribution in [0.3, 0.4) is 0 Å². The standard InChI is InChI=1S/C16H19ClN4O/c1-3-4-11-21(2)15-10-9-14(19-20-15)18-16(22)12-7-5-6-8-13(12)17/h5-10H,3-4,11H2,1-2H3,(H,18,19,22). The number of anilines is 2. The molecule has 0 unspecified atom stereocenters. The first-order valence-electron chi connectivity index (χ1n) is 7.22. The van der Waals surface area contributed by atoms with Crippen molar-refractivity contribution in [1.82, 2.24) is 10.2 Å². The summed E-state index contributed by atoms with van der Waals surface area (Å²) < 4.78 is 0. The van der Waals surface area contributed by atoms with Gasteiger partial charge in [-0.1, -0.05) is 37.1 Å². The zero-order chi connectivity index (χ0) is 15.9. The zero-order valence-corrected chi connectivity index (χ0v) is 13.5. The zero-order valence-electron chi connectivity index (χ0n) is 12.7. The summed E-state index contributed by atoms with van der Waals surface area (Å²) in [6, 6.07) is 10.5. The predicted molar refractivity (Wildman–Crippen MR) is 89.6 cm³/mol. The highest BCUT2D eigenvalue weighted by molar-refractivity contribution is 6.34. The number of carbonyl (C=O) groups is 1. The molecule has 1 N–H and O–H groups in total. The van der Waals surface area contributed by atoms with E-state index in [1.165, 1.54) is 0 Å². The SMILES string of the molecule is CCCCN(C)c1ccc(NC(=O)c2ccccc2Cl)nn1. The molecule has 0 radical (unpaired) electrons. The molecule has 1 heterocycles. The van der Waals surface area contributed by atoms with E-state index in [0.717, 1.165) is 25.2 Å². The molecule has 0 spiro atoms. The van der Waals surface area contributed by atoms with Gasteiger partial charge in [-0.2, -0.15) is 0 Å². The molecule has 1 aromatic heterocycles. The smallest absolute Gasteiger partial charge is 0.258 e. The number of aromatic nitrogens is 2. The molecule has 0 bridgehead atoms. The molecule has 1 amide bonds. The number of hydrogen-bond acceptors (Lipinski definition) is 4. The van der Waals surface area contributed by atoms with Gasteiger partial charge in [0.15, 0.2) is 11.6 Å². The van der Waals surface area contributed by atoms with Gasteiger partial charge < -0.3 is 10.2 Å². The van der Waals surface area contributed by atoms with Crippen LogP contribution >= 0.6 is 11.6 Å². The molecule has 0 atom stereocenters. The molecular weight excluding hydrogens is 300 g/mol. The van der Waals surface area contributed by atoms with Gasteiger partial charge in [0.2, 0.25) is 0 Å². The number of carbonyl (C=O) groups excluding carboxylic acids is 1. The van der Waals surface area contributed by atoms with E-state index in [4.69, 9.17) is 11.6 Å². The van der Waals surface area contributed by atoms with Crippen molar-refractivity contribution < 1.29 is 4.79 Å². The van der Waals surface area contributed by atoms with Gasteiger partial charge in [-0.05, 0) is 30.7 Å². The highest BCUT2D eigenvalue weighted by atomic mass is 35.5. The monoisotopic (exact) mass is 318 g/mol. The van der Waals surface area contributed by atoms with Crippen LogP contribution in [0.15, 0.2) is 36.4 Å². The molecule has 0 fully saturated rings. The third-order valence-electron chi connectivity index (χ3n) is 3.25. The molecule has 0 saturated carbocycles. The third kappa shape index (κ3) is 4.18. The van der Waals surface area contributed by atoms with Crippen LogP contribution in [-0.4, -0.2) is 29.7 Å². The first-order valence-corrected chi connectivity index (χ1v) is 7.60. The van der Waals surface area contributed by atoms with Crippen LogP contribution in [0, 0.1) is 0 Å². The van der Waals surface area contributed by atoms with E-state index in [2.05, 4.69) is 22.4 Å². The molecule has 0 aliphatic carbocycles. The first-order chi connectivity index (χ1) is 10.6. The maximum atomic E-state index is 12.1. The summed E-state index contributed by atoms with van der Waals surface area (Å²) in [5.74, 6) is 0.883. The topological polar surface area (TPSA) is 58.1 Å². The number of hydrogen-bond donors (Lipinski definition) is 1. The summed E-state index contributed by atoms with van der Waals surface area (Å²) in [6.07, 6.45) is 2.23. The van der Waals surface area contributed by atoms with Crippen molar-refractivity contribution in [1.29, 1.82) is 0 Å². The minimum absolute atomic E-state index is 0.299. The average molecular weight is 319 g/mol. The van der Waals surface area contributed by atoms with Gasteiger partial charge in [-0.15, -0.1) is 10.2 Å². The number of nitrogens with zero attached hydrogens (tertiary/aromatic N) is 3. The van der Waals surface area contributed by atoms with Crippen molar-refractivity contribution in [3.8, 4) is 0 Å². The second-order valence-electron chi connectivity index (χ2n) is 4.99. The molecule has 5 nitrogen and oxygen atoms in total. The number of amides is 1. The van der Waals surface area contributed by atoms with Crippen LogP contribution in [0.2, 0.25) is 5.02 Å². The maximum Gasteiger partial charge on any atom is 0.258 e. The molecular formula is C16H19ClN4O. The van der Waals surface area contributed by atoms with E-state index in [0.29, 0.717) is 16.4 Å². The quantitative estimate of drug-likeness (QED) is 0.883. The minimum atomic E-state index is -0.299. The molecule has 116 valence electrons. The molecule has 0 saturated heterocycles. The van der Waals surface area contributed by atoms with E-state index in [-0.39, 0.29) is 5.91 Å². The van der Waals surface area contributed by atoms with Crippen molar-refractivity contribution in [3.63, 3.8) is 0 Å². The summed E-state index contributed by atoms with van der Waals surface area (Å²) in [5.41, 5.74) is 0.412. The predicted octanol–water partition coefficient (Wildman–Crippen LogP) is 3.62. The van der Waals surface area contributed by atoms with E-state index in [1.807, 2.05) is 18.0 Å². The van der Waals surface area contributed by atoms with Crippen LogP contribution in [0.5, 0.6) is 0 Å². The molecule has 0 aliphatic heterocycles. The molecule has 2 rings (SSSR count). The maximum absolute atomic E-state index is 12.1. The van der Waals surface area contributed by atoms with E-state index in [1.54, 1.807) is 30.3 Å². The van der Waals surface area contributed by atoms with Gasteiger partial charge in [0.1, 0.15) is 0 Å². The van der Waals surface area contributed by atoms with Crippen molar-refractivity contribution in [2.75, 3.05) is 23.8 Å². The van der Waals surface area contributed by atoms with E-state index >= 15 is 0 Å². The van der Waals surface area contributed by atoms with Crippen LogP contribution in [0.4, 0.5) is 11.6 Å². The van der Waals surface area contributed by atoms with Crippen molar-refractivity contribution >= 4 is 29.1 Å². The lowest BCUT2D eigenvalue weighted by molar-refractivity contribution is 0.102. The Morgan fingerprint density at radius 2 is 2.00 bits per heavy atom. The van der Waals surface area contributed by atoms with Crippen LogP contribution in [0.1, 0.15) is 30.1 Å². The number of nitrogens with one attached hydrogen (secondary N) is 1. The van der Waals surface area contributed by atoms with Gasteiger partial charge in [0, 0.05) is 13.6 Å². The third-order valence-corrected chi connectivity index (χ3v) is 3.58. The van der Waals surface area contributed by atoms with Gasteiger partial charge in [-0.25, -0.2) is 0 Å². The number of halogens is 1. The van der Waals surface area contributed by atoms with Gasteiger partial charge in [0.05, 0.1) is 10.6 Å². The van der Waals surface area contributed by atoms with Crippen LogP contribution < -0.4 is 10.2 Å². The summed E-state index contributed by atoms with van der Waals surface area (Å²) in [5, 5.41) is 11.3. The van der Waals surface area contributed by atoms with E-state index in [9.17, 15) is 4.79 Å². The Hall–Kier alpha value is -2.14. The molecule has 1 aromatic carbocycles. The fourth-order valence-electron chi connectivity index (χ4n) is 1.93. The van der Waals surface area contributed by atoms with Gasteiger partial charge in [0.25, 0.3) is 5.91 Å². The first kappa shape index (κ1) is 16.2. The second-order valence-corrected chi connectivity index (χ2v) is 5.39. The Bertz CT molecular complexity index is 630.